The van der Waals surface area contributed by atoms with Gasteiger partial charge in [0.1, 0.15) is 5.75 Å². The molecule has 2 rings (SSSR count). The largest absolute Gasteiger partial charge is 0.494 e. The van der Waals surface area contributed by atoms with Crippen LogP contribution in [0.4, 0.5) is 0 Å². The summed E-state index contributed by atoms with van der Waals surface area (Å²) in [6.45, 7) is 5.57. The SMILES string of the molecule is CCCOc1ccc(C(=O)CC2CC(OCC)C2)cc1. The average molecular weight is 276 g/mol. The van der Waals surface area contributed by atoms with Gasteiger partial charge in [0.15, 0.2) is 5.78 Å². The average Bonchev–Trinajstić information content (AvgIpc) is 2.43. The molecule has 0 atom stereocenters. The molecule has 0 aromatic heterocycles. The minimum atomic E-state index is 0.229. The Morgan fingerprint density at radius 1 is 1.20 bits per heavy atom. The lowest BCUT2D eigenvalue weighted by atomic mass is 9.78. The molecule has 1 aliphatic rings. The third-order valence-corrected chi connectivity index (χ3v) is 3.72. The Kier molecular flexibility index (Phi) is 5.60. The van der Waals surface area contributed by atoms with Gasteiger partial charge in [-0.25, -0.2) is 0 Å². The van der Waals surface area contributed by atoms with Crippen molar-refractivity contribution in [2.24, 2.45) is 5.92 Å². The third-order valence-electron chi connectivity index (χ3n) is 3.72. The summed E-state index contributed by atoms with van der Waals surface area (Å²) >= 11 is 0. The van der Waals surface area contributed by atoms with Crippen LogP contribution in [0.25, 0.3) is 0 Å². The van der Waals surface area contributed by atoms with Gasteiger partial charge in [0.25, 0.3) is 0 Å². The zero-order chi connectivity index (χ0) is 14.4. The second-order valence-electron chi connectivity index (χ2n) is 5.41. The first kappa shape index (κ1) is 15.0. The zero-order valence-corrected chi connectivity index (χ0v) is 12.4. The van der Waals surface area contributed by atoms with Crippen molar-refractivity contribution < 1.29 is 14.3 Å². The van der Waals surface area contributed by atoms with Gasteiger partial charge in [0.05, 0.1) is 12.7 Å². The highest BCUT2D eigenvalue weighted by Gasteiger charge is 2.31. The predicted octanol–water partition coefficient (Wildman–Crippen LogP) is 3.86. The number of carbonyl (C=O) groups is 1. The molecule has 1 saturated carbocycles. The van der Waals surface area contributed by atoms with Gasteiger partial charge < -0.3 is 9.47 Å². The van der Waals surface area contributed by atoms with E-state index in [4.69, 9.17) is 9.47 Å². The predicted molar refractivity (Wildman–Crippen MR) is 79.3 cm³/mol. The second kappa shape index (κ2) is 7.44. The van der Waals surface area contributed by atoms with Crippen LogP contribution in [-0.4, -0.2) is 25.1 Å². The Morgan fingerprint density at radius 3 is 2.50 bits per heavy atom. The lowest BCUT2D eigenvalue weighted by Gasteiger charge is -2.34. The highest BCUT2D eigenvalue weighted by atomic mass is 16.5. The van der Waals surface area contributed by atoms with Crippen LogP contribution in [0.1, 0.15) is 49.9 Å². The fourth-order valence-electron chi connectivity index (χ4n) is 2.55. The number of benzene rings is 1. The van der Waals surface area contributed by atoms with E-state index >= 15 is 0 Å². The molecule has 1 aliphatic carbocycles. The molecule has 0 heterocycles. The summed E-state index contributed by atoms with van der Waals surface area (Å²) < 4.78 is 11.0. The standard InChI is InChI=1S/C17H24O3/c1-3-9-20-15-7-5-14(6-8-15)17(18)12-13-10-16(11-13)19-4-2/h5-8,13,16H,3-4,9-12H2,1-2H3. The number of ether oxygens (including phenoxy) is 2. The van der Waals surface area contributed by atoms with Crippen molar-refractivity contribution in [1.82, 2.24) is 0 Å². The maximum absolute atomic E-state index is 12.2. The third kappa shape index (κ3) is 4.07. The molecule has 110 valence electrons. The molecule has 0 radical (unpaired) electrons. The molecule has 0 bridgehead atoms. The fraction of sp³-hybridized carbons (Fsp3) is 0.588. The minimum absolute atomic E-state index is 0.229. The van der Waals surface area contributed by atoms with Gasteiger partial charge in [-0.05, 0) is 56.4 Å². The van der Waals surface area contributed by atoms with E-state index in [1.165, 1.54) is 0 Å². The Hall–Kier alpha value is -1.35. The first-order chi connectivity index (χ1) is 9.72. The molecular weight excluding hydrogens is 252 g/mol. The summed E-state index contributed by atoms with van der Waals surface area (Å²) in [6, 6.07) is 7.50. The Labute approximate surface area is 121 Å². The van der Waals surface area contributed by atoms with Gasteiger partial charge in [-0.2, -0.15) is 0 Å². The molecule has 0 spiro atoms. The minimum Gasteiger partial charge on any atom is -0.494 e. The van der Waals surface area contributed by atoms with Crippen molar-refractivity contribution in [2.45, 2.75) is 45.6 Å². The first-order valence-electron chi connectivity index (χ1n) is 7.60. The highest BCUT2D eigenvalue weighted by Crippen LogP contribution is 2.33. The normalized spacial score (nSPS) is 21.3. The molecule has 3 heteroatoms. The summed E-state index contributed by atoms with van der Waals surface area (Å²) in [4.78, 5) is 12.2. The van der Waals surface area contributed by atoms with Crippen molar-refractivity contribution in [3.63, 3.8) is 0 Å². The van der Waals surface area contributed by atoms with Crippen LogP contribution in [0, 0.1) is 5.92 Å². The molecule has 0 aliphatic heterocycles. The van der Waals surface area contributed by atoms with Crippen molar-refractivity contribution in [2.75, 3.05) is 13.2 Å². The Morgan fingerprint density at radius 2 is 1.90 bits per heavy atom. The van der Waals surface area contributed by atoms with Crippen LogP contribution in [0.3, 0.4) is 0 Å². The van der Waals surface area contributed by atoms with Crippen molar-refractivity contribution >= 4 is 5.78 Å². The summed E-state index contributed by atoms with van der Waals surface area (Å²) in [5.74, 6) is 1.56. The van der Waals surface area contributed by atoms with Crippen molar-refractivity contribution in [3.8, 4) is 5.75 Å². The van der Waals surface area contributed by atoms with Crippen LogP contribution < -0.4 is 4.74 Å². The Bertz CT molecular complexity index is 418. The Balaban J connectivity index is 1.78. The quantitative estimate of drug-likeness (QED) is 0.676. The monoisotopic (exact) mass is 276 g/mol. The molecule has 3 nitrogen and oxygen atoms in total. The van der Waals surface area contributed by atoms with Crippen LogP contribution in [0.5, 0.6) is 5.75 Å². The fourth-order valence-corrected chi connectivity index (χ4v) is 2.55. The van der Waals surface area contributed by atoms with Gasteiger partial charge in [-0.1, -0.05) is 6.92 Å². The topological polar surface area (TPSA) is 35.5 Å². The van der Waals surface area contributed by atoms with E-state index < -0.39 is 0 Å². The molecule has 1 fully saturated rings. The summed E-state index contributed by atoms with van der Waals surface area (Å²) in [7, 11) is 0. The van der Waals surface area contributed by atoms with E-state index in [1.807, 2.05) is 31.2 Å². The molecular formula is C17H24O3. The van der Waals surface area contributed by atoms with Crippen LogP contribution >= 0.6 is 0 Å². The first-order valence-corrected chi connectivity index (χ1v) is 7.60. The molecule has 0 saturated heterocycles. The maximum Gasteiger partial charge on any atom is 0.163 e. The van der Waals surface area contributed by atoms with E-state index in [-0.39, 0.29) is 5.78 Å². The van der Waals surface area contributed by atoms with Crippen LogP contribution in [-0.2, 0) is 4.74 Å². The van der Waals surface area contributed by atoms with Gasteiger partial charge in [-0.3, -0.25) is 4.79 Å². The molecule has 20 heavy (non-hydrogen) atoms. The molecule has 1 aromatic rings. The second-order valence-corrected chi connectivity index (χ2v) is 5.41. The smallest absolute Gasteiger partial charge is 0.163 e. The lowest BCUT2D eigenvalue weighted by molar-refractivity contribution is -0.0246. The number of rotatable bonds is 8. The number of hydrogen-bond acceptors (Lipinski definition) is 3. The number of hydrogen-bond donors (Lipinski definition) is 0. The van der Waals surface area contributed by atoms with Gasteiger partial charge in [0.2, 0.25) is 0 Å². The van der Waals surface area contributed by atoms with Gasteiger partial charge in [0, 0.05) is 18.6 Å². The highest BCUT2D eigenvalue weighted by molar-refractivity contribution is 5.96. The summed E-state index contributed by atoms with van der Waals surface area (Å²) in [6.07, 6.45) is 4.05. The van der Waals surface area contributed by atoms with E-state index in [0.29, 0.717) is 25.0 Å². The zero-order valence-electron chi connectivity index (χ0n) is 12.4. The van der Waals surface area contributed by atoms with Gasteiger partial charge >= 0.3 is 0 Å². The molecule has 0 unspecified atom stereocenters. The van der Waals surface area contributed by atoms with E-state index in [0.717, 1.165) is 37.2 Å². The van der Waals surface area contributed by atoms with E-state index in [1.54, 1.807) is 0 Å². The number of ketones is 1. The van der Waals surface area contributed by atoms with E-state index in [9.17, 15) is 4.79 Å². The summed E-state index contributed by atoms with van der Waals surface area (Å²) in [5, 5.41) is 0. The van der Waals surface area contributed by atoms with Gasteiger partial charge in [-0.15, -0.1) is 0 Å². The van der Waals surface area contributed by atoms with Crippen LogP contribution in [0.15, 0.2) is 24.3 Å². The lowest BCUT2D eigenvalue weighted by Crippen LogP contribution is -2.32. The molecule has 1 aromatic carbocycles. The van der Waals surface area contributed by atoms with Crippen molar-refractivity contribution in [1.29, 1.82) is 0 Å². The van der Waals surface area contributed by atoms with E-state index in [2.05, 4.69) is 6.92 Å². The van der Waals surface area contributed by atoms with Crippen LogP contribution in [0.2, 0.25) is 0 Å². The number of Topliss-reactive ketones (excluding diaryl/α,β-unsaturated/α-hetero) is 1. The maximum atomic E-state index is 12.2. The van der Waals surface area contributed by atoms with Crippen molar-refractivity contribution in [3.05, 3.63) is 29.8 Å². The molecule has 0 N–H and O–H groups in total. The number of carbonyl (C=O) groups excluding carboxylic acids is 1. The summed E-state index contributed by atoms with van der Waals surface area (Å²) in [5.41, 5.74) is 0.786. The molecule has 0 amide bonds.